The summed E-state index contributed by atoms with van der Waals surface area (Å²) in [6, 6.07) is 16.5. The number of nitrogens with zero attached hydrogens (tertiary/aromatic N) is 4. The average Bonchev–Trinajstić information content (AvgIpc) is 3.36. The summed E-state index contributed by atoms with van der Waals surface area (Å²) in [5, 5.41) is 28.8. The highest BCUT2D eigenvalue weighted by atomic mass is 16.4. The van der Waals surface area contributed by atoms with E-state index in [-0.39, 0.29) is 0 Å². The zero-order chi connectivity index (χ0) is 22.2. The topological polar surface area (TPSA) is 160 Å². The second-order valence-electron chi connectivity index (χ2n) is 6.74. The fraction of sp³-hybridized carbons (Fsp3) is 0.190. The average molecular weight is 422 g/mol. The maximum Gasteiger partial charge on any atom is 0.414 e. The molecule has 0 bridgehead atoms. The van der Waals surface area contributed by atoms with Gasteiger partial charge in [0.25, 0.3) is 0 Å². The van der Waals surface area contributed by atoms with Gasteiger partial charge in [0.15, 0.2) is 5.82 Å². The molecule has 10 nitrogen and oxygen atoms in total. The lowest BCUT2D eigenvalue weighted by Crippen LogP contribution is -2.09. The summed E-state index contributed by atoms with van der Waals surface area (Å²) < 4.78 is 0. The molecule has 10 heteroatoms. The summed E-state index contributed by atoms with van der Waals surface area (Å²) >= 11 is 0. The minimum atomic E-state index is -1.82. The Morgan fingerprint density at radius 3 is 2.45 bits per heavy atom. The van der Waals surface area contributed by atoms with E-state index in [9.17, 15) is 0 Å². The molecule has 4 rings (SSSR count). The lowest BCUT2D eigenvalue weighted by molar-refractivity contribution is -0.159. The summed E-state index contributed by atoms with van der Waals surface area (Å²) in [6.07, 6.45) is 3.57. The number of rotatable bonds is 6. The van der Waals surface area contributed by atoms with Crippen LogP contribution in [0.2, 0.25) is 0 Å². The number of hydrogen-bond donors (Lipinski definition) is 4. The van der Waals surface area contributed by atoms with Crippen LogP contribution >= 0.6 is 0 Å². The largest absolute Gasteiger partial charge is 0.473 e. The highest BCUT2D eigenvalue weighted by molar-refractivity contribution is 6.27. The van der Waals surface area contributed by atoms with E-state index in [0.29, 0.717) is 19.5 Å². The van der Waals surface area contributed by atoms with Gasteiger partial charge in [-0.1, -0.05) is 36.4 Å². The van der Waals surface area contributed by atoms with Crippen molar-refractivity contribution in [2.75, 3.05) is 6.54 Å². The molecule has 2 aromatic carbocycles. The fourth-order valence-corrected chi connectivity index (χ4v) is 3.04. The summed E-state index contributed by atoms with van der Waals surface area (Å²) in [7, 11) is 0. The van der Waals surface area contributed by atoms with Gasteiger partial charge in [0.1, 0.15) is 0 Å². The Morgan fingerprint density at radius 2 is 1.77 bits per heavy atom. The zero-order valence-corrected chi connectivity index (χ0v) is 16.6. The minimum Gasteiger partial charge on any atom is -0.473 e. The highest BCUT2D eigenvalue weighted by Gasteiger charge is 2.08. The second-order valence-corrected chi connectivity index (χ2v) is 6.74. The molecule has 5 N–H and O–H groups in total. The van der Waals surface area contributed by atoms with Crippen molar-refractivity contribution < 1.29 is 19.8 Å². The van der Waals surface area contributed by atoms with Crippen molar-refractivity contribution >= 4 is 22.8 Å². The Bertz CT molecular complexity index is 1160. The number of tetrazole rings is 1. The van der Waals surface area contributed by atoms with Gasteiger partial charge >= 0.3 is 11.9 Å². The van der Waals surface area contributed by atoms with Gasteiger partial charge in [-0.05, 0) is 47.0 Å². The Morgan fingerprint density at radius 1 is 1.03 bits per heavy atom. The lowest BCUT2D eigenvalue weighted by Gasteiger charge is -2.01. The third kappa shape index (κ3) is 5.97. The molecule has 0 atom stereocenters. The van der Waals surface area contributed by atoms with E-state index in [1.54, 1.807) is 4.80 Å². The van der Waals surface area contributed by atoms with E-state index >= 15 is 0 Å². The monoisotopic (exact) mass is 422 g/mol. The van der Waals surface area contributed by atoms with Crippen LogP contribution in [0.5, 0.6) is 0 Å². The number of aromatic nitrogens is 5. The number of carboxylic acids is 2. The molecule has 0 aliphatic carbocycles. The van der Waals surface area contributed by atoms with Crippen LogP contribution in [-0.4, -0.2) is 53.9 Å². The van der Waals surface area contributed by atoms with Crippen molar-refractivity contribution in [3.63, 3.8) is 0 Å². The van der Waals surface area contributed by atoms with Crippen molar-refractivity contribution in [2.45, 2.75) is 19.4 Å². The van der Waals surface area contributed by atoms with E-state index in [0.717, 1.165) is 23.3 Å². The molecule has 31 heavy (non-hydrogen) atoms. The molecular formula is C21H22N6O4. The first-order valence-electron chi connectivity index (χ1n) is 9.52. The van der Waals surface area contributed by atoms with E-state index in [1.807, 2.05) is 24.4 Å². The fourth-order valence-electron chi connectivity index (χ4n) is 3.04. The first kappa shape index (κ1) is 21.7. The quantitative estimate of drug-likeness (QED) is 0.340. The first-order valence-corrected chi connectivity index (χ1v) is 9.52. The van der Waals surface area contributed by atoms with Crippen LogP contribution in [0.3, 0.4) is 0 Å². The second kappa shape index (κ2) is 10.1. The summed E-state index contributed by atoms with van der Waals surface area (Å²) in [5.74, 6) is -2.92. The summed E-state index contributed by atoms with van der Waals surface area (Å²) in [6.45, 7) is 1.28. The summed E-state index contributed by atoms with van der Waals surface area (Å²) in [5.41, 5.74) is 10.4. The maximum absolute atomic E-state index is 9.10. The van der Waals surface area contributed by atoms with Crippen LogP contribution in [-0.2, 0) is 29.0 Å². The number of aliphatic carboxylic acids is 2. The Kier molecular flexibility index (Phi) is 7.07. The van der Waals surface area contributed by atoms with Crippen molar-refractivity contribution in [2.24, 2.45) is 5.73 Å². The van der Waals surface area contributed by atoms with E-state index < -0.39 is 11.9 Å². The number of H-pyrrole nitrogens is 1. The van der Waals surface area contributed by atoms with E-state index in [1.165, 1.54) is 16.5 Å². The van der Waals surface area contributed by atoms with Crippen molar-refractivity contribution in [1.82, 2.24) is 25.2 Å². The number of nitrogens with one attached hydrogen (secondary N) is 1. The molecule has 160 valence electrons. The Labute approximate surface area is 177 Å². The van der Waals surface area contributed by atoms with Gasteiger partial charge < -0.3 is 20.9 Å². The van der Waals surface area contributed by atoms with Gasteiger partial charge in [-0.25, -0.2) is 9.59 Å². The molecule has 0 saturated carbocycles. The Hall–Kier alpha value is -4.05. The van der Waals surface area contributed by atoms with Crippen molar-refractivity contribution in [1.29, 1.82) is 0 Å². The van der Waals surface area contributed by atoms with Gasteiger partial charge in [-0.2, -0.15) is 4.80 Å². The smallest absolute Gasteiger partial charge is 0.414 e. The van der Waals surface area contributed by atoms with Crippen molar-refractivity contribution in [3.8, 4) is 0 Å². The summed E-state index contributed by atoms with van der Waals surface area (Å²) in [4.78, 5) is 23.1. The van der Waals surface area contributed by atoms with Crippen LogP contribution in [0, 0.1) is 0 Å². The van der Waals surface area contributed by atoms with Gasteiger partial charge in [0.05, 0.1) is 6.54 Å². The first-order chi connectivity index (χ1) is 15.0. The molecule has 0 fully saturated rings. The molecule has 2 aromatic heterocycles. The third-order valence-corrected chi connectivity index (χ3v) is 4.45. The lowest BCUT2D eigenvalue weighted by atomic mass is 10.1. The van der Waals surface area contributed by atoms with Gasteiger partial charge in [0, 0.05) is 23.5 Å². The minimum absolute atomic E-state index is 0.630. The molecule has 0 radical (unpaired) electrons. The standard InChI is InChI=1S/C19H20N6.C2H2O4/c20-9-8-16-12-21-18-7-6-15(10-17(16)18)11-19-22-24-25(23-19)13-14-4-2-1-3-5-14;3-1(4)2(5)6/h1-7,10,12,21H,8-9,11,13,20H2;(H,3,4)(H,5,6). The normalized spacial score (nSPS) is 10.5. The molecule has 0 saturated heterocycles. The molecule has 4 aromatic rings. The van der Waals surface area contributed by atoms with Crippen LogP contribution in [0.15, 0.2) is 54.7 Å². The number of benzene rings is 2. The van der Waals surface area contributed by atoms with Gasteiger partial charge in [0.2, 0.25) is 0 Å². The highest BCUT2D eigenvalue weighted by Crippen LogP contribution is 2.21. The van der Waals surface area contributed by atoms with Gasteiger partial charge in [-0.15, -0.1) is 10.2 Å². The van der Waals surface area contributed by atoms with Crippen molar-refractivity contribution in [3.05, 3.63) is 77.2 Å². The number of carboxylic acid groups (broad SMARTS) is 2. The third-order valence-electron chi connectivity index (χ3n) is 4.45. The molecule has 0 unspecified atom stereocenters. The van der Waals surface area contributed by atoms with Crippen LogP contribution < -0.4 is 5.73 Å². The number of carbonyl (C=O) groups is 2. The maximum atomic E-state index is 9.10. The predicted octanol–water partition coefficient (Wildman–Crippen LogP) is 1.45. The zero-order valence-electron chi connectivity index (χ0n) is 16.6. The van der Waals surface area contributed by atoms with Crippen LogP contribution in [0.4, 0.5) is 0 Å². The van der Waals surface area contributed by atoms with Crippen LogP contribution in [0.1, 0.15) is 22.5 Å². The Balaban J connectivity index is 0.000000401. The molecule has 0 amide bonds. The van der Waals surface area contributed by atoms with E-state index in [2.05, 4.69) is 50.7 Å². The number of fused-ring (bicyclic) bond motifs is 1. The molecule has 0 aliphatic rings. The van der Waals surface area contributed by atoms with Gasteiger partial charge in [-0.3, -0.25) is 0 Å². The molecule has 2 heterocycles. The van der Waals surface area contributed by atoms with Crippen LogP contribution in [0.25, 0.3) is 10.9 Å². The predicted molar refractivity (Wildman–Crippen MR) is 112 cm³/mol. The SMILES string of the molecule is NCCc1c[nH]c2ccc(Cc3nnn(Cc4ccccc4)n3)cc12.O=C(O)C(=O)O. The van der Waals surface area contributed by atoms with E-state index in [4.69, 9.17) is 25.5 Å². The number of aromatic amines is 1. The molecule has 0 spiro atoms. The molecular weight excluding hydrogens is 400 g/mol. The molecule has 0 aliphatic heterocycles. The number of nitrogens with two attached hydrogens (primary N) is 1. The number of hydrogen-bond acceptors (Lipinski definition) is 6.